The number of ether oxygens (including phenoxy) is 1. The molecule has 0 atom stereocenters. The molecule has 196 valence electrons. The summed E-state index contributed by atoms with van der Waals surface area (Å²) >= 11 is 0. The topological polar surface area (TPSA) is 109 Å². The van der Waals surface area contributed by atoms with Gasteiger partial charge in [-0.05, 0) is 46.5 Å². The highest BCUT2D eigenvalue weighted by Gasteiger charge is 2.22. The molecule has 2 fully saturated rings. The summed E-state index contributed by atoms with van der Waals surface area (Å²) in [5, 5.41) is 2.99. The van der Waals surface area contributed by atoms with Crippen molar-refractivity contribution in [2.75, 3.05) is 50.8 Å². The third-order valence-corrected chi connectivity index (χ3v) is 5.95. The Morgan fingerprint density at radius 2 is 1.95 bits per heavy atom. The van der Waals surface area contributed by atoms with E-state index in [0.717, 1.165) is 37.1 Å². The van der Waals surface area contributed by atoms with Gasteiger partial charge in [0.15, 0.2) is 17.3 Å². The number of allylic oxidation sites excluding steroid dienone is 5. The van der Waals surface area contributed by atoms with Crippen molar-refractivity contribution in [1.82, 2.24) is 20.2 Å². The number of morpholine rings is 1. The fourth-order valence-electron chi connectivity index (χ4n) is 4.21. The Morgan fingerprint density at radius 3 is 2.62 bits per heavy atom. The average molecular weight is 507 g/mol. The quantitative estimate of drug-likeness (QED) is 0.377. The Labute approximate surface area is 217 Å². The Hall–Kier alpha value is -3.76. The van der Waals surface area contributed by atoms with E-state index in [9.17, 15) is 4.79 Å². The van der Waals surface area contributed by atoms with Crippen LogP contribution in [0.3, 0.4) is 0 Å². The number of nitrogens with one attached hydrogen (secondary N) is 1. The number of anilines is 1. The monoisotopic (exact) mass is 506 g/mol. The molecule has 2 aromatic rings. The van der Waals surface area contributed by atoms with Crippen LogP contribution in [0.1, 0.15) is 48.8 Å². The van der Waals surface area contributed by atoms with Crippen molar-refractivity contribution in [3.63, 3.8) is 0 Å². The van der Waals surface area contributed by atoms with E-state index in [1.54, 1.807) is 18.2 Å². The lowest BCUT2D eigenvalue weighted by atomic mass is 10.1. The number of hydrogen-bond donors (Lipinski definition) is 1. The summed E-state index contributed by atoms with van der Waals surface area (Å²) < 4.78 is 17.1. The van der Waals surface area contributed by atoms with Gasteiger partial charge in [0.05, 0.1) is 13.2 Å². The zero-order valence-electron chi connectivity index (χ0n) is 21.5. The van der Waals surface area contributed by atoms with E-state index in [1.807, 2.05) is 24.8 Å². The van der Waals surface area contributed by atoms with Gasteiger partial charge < -0.3 is 23.8 Å². The highest BCUT2D eigenvalue weighted by atomic mass is 16.5. The molecule has 0 aromatic carbocycles. The highest BCUT2D eigenvalue weighted by molar-refractivity contribution is 5.94. The second-order valence-electron chi connectivity index (χ2n) is 9.17. The molecule has 4 heterocycles. The minimum absolute atomic E-state index is 0.174. The Balaban J connectivity index is 1.58. The van der Waals surface area contributed by atoms with E-state index < -0.39 is 0 Å². The molecule has 0 spiro atoms. The molecule has 4 rings (SSSR count). The second-order valence-corrected chi connectivity index (χ2v) is 9.17. The number of rotatable bonds is 10. The second kappa shape index (κ2) is 12.5. The van der Waals surface area contributed by atoms with Gasteiger partial charge in [0, 0.05) is 37.0 Å². The molecule has 10 heteroatoms. The summed E-state index contributed by atoms with van der Waals surface area (Å²) in [6, 6.07) is 0.464. The van der Waals surface area contributed by atoms with Crippen molar-refractivity contribution in [3.8, 4) is 0 Å². The molecule has 37 heavy (non-hydrogen) atoms. The Bertz CT molecular complexity index is 1210. The average Bonchev–Trinajstić information content (AvgIpc) is 3.65. The molecule has 1 amide bonds. The highest BCUT2D eigenvalue weighted by Crippen LogP contribution is 2.28. The van der Waals surface area contributed by atoms with Crippen LogP contribution in [0, 0.1) is 0 Å². The lowest BCUT2D eigenvalue weighted by Crippen LogP contribution is -2.36. The summed E-state index contributed by atoms with van der Waals surface area (Å²) in [7, 11) is 0. The van der Waals surface area contributed by atoms with Crippen molar-refractivity contribution in [1.29, 1.82) is 0 Å². The molecule has 0 aliphatic carbocycles. The summed E-state index contributed by atoms with van der Waals surface area (Å²) in [6.07, 6.45) is 10.7. The number of nitrogens with zero attached hydrogens (tertiary/aromatic N) is 5. The van der Waals surface area contributed by atoms with E-state index in [2.05, 4.69) is 38.5 Å². The number of hydrogen-bond acceptors (Lipinski definition) is 9. The van der Waals surface area contributed by atoms with Crippen LogP contribution >= 0.6 is 0 Å². The van der Waals surface area contributed by atoms with Gasteiger partial charge >= 0.3 is 0 Å². The zero-order valence-corrected chi connectivity index (χ0v) is 21.5. The summed E-state index contributed by atoms with van der Waals surface area (Å²) in [4.78, 5) is 30.4. The van der Waals surface area contributed by atoms with Gasteiger partial charge in [-0.3, -0.25) is 9.69 Å². The first-order chi connectivity index (χ1) is 18.0. The van der Waals surface area contributed by atoms with E-state index in [0.29, 0.717) is 62.0 Å². The van der Waals surface area contributed by atoms with Crippen LogP contribution in [-0.2, 0) is 4.74 Å². The van der Waals surface area contributed by atoms with E-state index in [-0.39, 0.29) is 11.6 Å². The first-order valence-corrected chi connectivity index (χ1v) is 12.4. The maximum atomic E-state index is 13.2. The normalized spacial score (nSPS) is 17.1. The fourth-order valence-corrected chi connectivity index (χ4v) is 4.21. The van der Waals surface area contributed by atoms with Gasteiger partial charge in [0.2, 0.25) is 5.89 Å². The zero-order chi connectivity index (χ0) is 26.2. The number of aliphatic imine (C=N–C) groups is 1. The minimum Gasteiger partial charge on any atom is -0.444 e. The number of carbonyl (C=O) groups is 1. The van der Waals surface area contributed by atoms with Gasteiger partial charge in [-0.1, -0.05) is 30.4 Å². The molecule has 10 nitrogen and oxygen atoms in total. The lowest BCUT2D eigenvalue weighted by Gasteiger charge is -2.24. The van der Waals surface area contributed by atoms with Gasteiger partial charge in [-0.2, -0.15) is 4.98 Å². The lowest BCUT2D eigenvalue weighted by molar-refractivity contribution is 0.0958. The van der Waals surface area contributed by atoms with Crippen LogP contribution in [0.2, 0.25) is 0 Å². The van der Waals surface area contributed by atoms with Gasteiger partial charge in [0.1, 0.15) is 6.26 Å². The van der Waals surface area contributed by atoms with Crippen molar-refractivity contribution in [2.24, 2.45) is 4.99 Å². The molecule has 0 saturated carbocycles. The largest absolute Gasteiger partial charge is 0.444 e. The molecular weight excluding hydrogens is 472 g/mol. The number of oxazole rings is 2. The molecule has 0 radical (unpaired) electrons. The molecule has 1 N–H and O–H groups in total. The van der Waals surface area contributed by atoms with E-state index in [4.69, 9.17) is 13.6 Å². The summed E-state index contributed by atoms with van der Waals surface area (Å²) in [6.45, 7) is 16.4. The molecule has 2 aliphatic heterocycles. The van der Waals surface area contributed by atoms with Crippen molar-refractivity contribution >= 4 is 36.1 Å². The fraction of sp³-hybridized carbons (Fsp3) is 0.407. The van der Waals surface area contributed by atoms with Crippen LogP contribution in [0.5, 0.6) is 0 Å². The van der Waals surface area contributed by atoms with Crippen LogP contribution in [0.4, 0.5) is 11.8 Å². The molecule has 2 saturated heterocycles. The van der Waals surface area contributed by atoms with Crippen molar-refractivity contribution in [2.45, 2.75) is 26.7 Å². The Morgan fingerprint density at radius 1 is 1.19 bits per heavy atom. The van der Waals surface area contributed by atoms with Crippen LogP contribution in [-0.4, -0.2) is 73.4 Å². The van der Waals surface area contributed by atoms with E-state index in [1.165, 1.54) is 6.26 Å². The molecule has 2 aliphatic rings. The molecule has 0 unspecified atom stereocenters. The third kappa shape index (κ3) is 6.93. The standard InChI is InChI=1S/C27H34N6O4/c1-5-8-20(15-19(2)3)26-30-22(18-36-26)25(34)29-21(17-32-9-6-7-10-32)16-23-24(28-4)31-27(37-23)33-11-13-35-14-12-33/h5,8,15-16,18H,1,4,6-7,9-14,17H2,2-3H3,(H,29,34)/b20-8+,21-16+. The number of aromatic nitrogens is 2. The minimum atomic E-state index is -0.378. The smallest absolute Gasteiger partial charge is 0.300 e. The van der Waals surface area contributed by atoms with Gasteiger partial charge in [-0.25, -0.2) is 9.98 Å². The Kier molecular flexibility index (Phi) is 8.86. The number of amides is 1. The maximum Gasteiger partial charge on any atom is 0.300 e. The number of carbonyl (C=O) groups excluding carboxylic acids is 1. The molecule has 2 aromatic heterocycles. The predicted molar refractivity (Wildman–Crippen MR) is 144 cm³/mol. The van der Waals surface area contributed by atoms with Crippen molar-refractivity contribution in [3.05, 3.63) is 59.7 Å². The van der Waals surface area contributed by atoms with Crippen LogP contribution in [0.25, 0.3) is 11.6 Å². The first kappa shape index (κ1) is 26.3. The van der Waals surface area contributed by atoms with Gasteiger partial charge in [0.25, 0.3) is 11.9 Å². The first-order valence-electron chi connectivity index (χ1n) is 12.4. The predicted octanol–water partition coefficient (Wildman–Crippen LogP) is 4.23. The number of likely N-dealkylation sites (tertiary alicyclic amines) is 1. The van der Waals surface area contributed by atoms with Crippen LogP contribution in [0.15, 0.2) is 56.2 Å². The maximum absolute atomic E-state index is 13.2. The third-order valence-electron chi connectivity index (χ3n) is 5.95. The van der Waals surface area contributed by atoms with Crippen LogP contribution < -0.4 is 10.2 Å². The molecule has 0 bridgehead atoms. The molecular formula is C27H34N6O4. The van der Waals surface area contributed by atoms with Gasteiger partial charge in [-0.15, -0.1) is 0 Å². The summed E-state index contributed by atoms with van der Waals surface area (Å²) in [5.41, 5.74) is 2.63. The summed E-state index contributed by atoms with van der Waals surface area (Å²) in [5.74, 6) is 0.780. The SMILES string of the molecule is C=C/C=C(\C=C(C)C)c1nc(C(=O)N/C(=C/c2oc(N3CCOCC3)nc2N=C)CN2CCCC2)co1. The van der Waals surface area contributed by atoms with Crippen molar-refractivity contribution < 1.29 is 18.4 Å². The van der Waals surface area contributed by atoms with E-state index >= 15 is 0 Å².